The van der Waals surface area contributed by atoms with Gasteiger partial charge in [0.1, 0.15) is 7.14 Å². The SMILES string of the molecule is CC(C)CCC[C@H](C)[C@@H]1CC[C@@H]2[C@H]3CC[C@H]4C[C@@H](P(=O)(c5ccccc5)c5ccccc5)CC[C@]4(C)[C@@H]3CC[C@]21C. The van der Waals surface area contributed by atoms with E-state index < -0.39 is 7.14 Å². The molecule has 4 aliphatic rings. The summed E-state index contributed by atoms with van der Waals surface area (Å²) in [5, 5.41) is 2.14. The zero-order valence-corrected chi connectivity index (χ0v) is 27.6. The fourth-order valence-electron chi connectivity index (χ4n) is 11.5. The molecule has 0 saturated heterocycles. The van der Waals surface area contributed by atoms with E-state index in [0.717, 1.165) is 64.9 Å². The largest absolute Gasteiger partial charge is 0.313 e. The lowest BCUT2D eigenvalue weighted by atomic mass is 9.44. The summed E-state index contributed by atoms with van der Waals surface area (Å²) in [6.45, 7) is 12.8. The van der Waals surface area contributed by atoms with Gasteiger partial charge >= 0.3 is 0 Å². The standard InChI is InChI=1S/C39H57OP/c1-28(2)13-12-14-29(3)35-21-22-36-34-20-19-30-27-33(23-25-38(30,4)37(34)24-26-39(35,36)5)41(40,31-15-8-6-9-16-31)32-17-10-7-11-18-32/h6-11,15-18,28-30,33-37H,12-14,19-27H2,1-5H3/t29-,30-,33-,34+,35-,36+,37+,38-,39-/m0/s1. The summed E-state index contributed by atoms with van der Waals surface area (Å²) in [6.07, 6.45) is 16.4. The fourth-order valence-corrected chi connectivity index (χ4v) is 14.9. The maximum absolute atomic E-state index is 15.2. The number of hydrogen-bond acceptors (Lipinski definition) is 1. The third kappa shape index (κ3) is 5.13. The van der Waals surface area contributed by atoms with Crippen LogP contribution in [0.1, 0.15) is 112 Å². The molecule has 4 fully saturated rings. The molecule has 0 unspecified atom stereocenters. The van der Waals surface area contributed by atoms with Gasteiger partial charge in [-0.15, -0.1) is 0 Å². The lowest BCUT2D eigenvalue weighted by Crippen LogP contribution is -2.54. The Morgan fingerprint density at radius 3 is 1.98 bits per heavy atom. The highest BCUT2D eigenvalue weighted by Crippen LogP contribution is 2.70. The van der Waals surface area contributed by atoms with E-state index in [9.17, 15) is 0 Å². The van der Waals surface area contributed by atoms with Crippen LogP contribution in [0, 0.1) is 52.3 Å². The van der Waals surface area contributed by atoms with E-state index >= 15 is 4.57 Å². The Kier molecular flexibility index (Phi) is 8.44. The van der Waals surface area contributed by atoms with Crippen molar-refractivity contribution in [1.29, 1.82) is 0 Å². The molecule has 2 aromatic carbocycles. The van der Waals surface area contributed by atoms with Crippen molar-refractivity contribution in [3.8, 4) is 0 Å². The predicted molar refractivity (Wildman–Crippen MR) is 177 cm³/mol. The van der Waals surface area contributed by atoms with Gasteiger partial charge in [-0.1, -0.05) is 115 Å². The zero-order chi connectivity index (χ0) is 28.8. The fraction of sp³-hybridized carbons (Fsp3) is 0.692. The molecule has 0 N–H and O–H groups in total. The summed E-state index contributed by atoms with van der Waals surface area (Å²) in [6, 6.07) is 21.0. The maximum atomic E-state index is 15.2. The summed E-state index contributed by atoms with van der Waals surface area (Å²) in [5.41, 5.74) is 1.27. The summed E-state index contributed by atoms with van der Waals surface area (Å²) < 4.78 is 15.2. The predicted octanol–water partition coefficient (Wildman–Crippen LogP) is 10.5. The van der Waals surface area contributed by atoms with Crippen molar-refractivity contribution in [3.05, 3.63) is 60.7 Å². The summed E-state index contributed by atoms with van der Waals surface area (Å²) in [4.78, 5) is 0. The number of benzene rings is 2. The van der Waals surface area contributed by atoms with Crippen molar-refractivity contribution in [3.63, 3.8) is 0 Å². The molecular formula is C39H57OP. The smallest absolute Gasteiger partial charge is 0.146 e. The van der Waals surface area contributed by atoms with Crippen molar-refractivity contribution in [1.82, 2.24) is 0 Å². The third-order valence-electron chi connectivity index (χ3n) is 13.6. The highest BCUT2D eigenvalue weighted by molar-refractivity contribution is 7.79. The van der Waals surface area contributed by atoms with Crippen molar-refractivity contribution in [2.45, 2.75) is 117 Å². The molecule has 1 nitrogen and oxygen atoms in total. The molecule has 41 heavy (non-hydrogen) atoms. The van der Waals surface area contributed by atoms with Crippen LogP contribution in [-0.4, -0.2) is 5.66 Å². The summed E-state index contributed by atoms with van der Waals surface area (Å²) in [5.74, 6) is 6.12. The van der Waals surface area contributed by atoms with Crippen molar-refractivity contribution < 1.29 is 4.57 Å². The van der Waals surface area contributed by atoms with Crippen LogP contribution in [0.25, 0.3) is 0 Å². The Hall–Kier alpha value is -1.33. The number of rotatable bonds is 8. The van der Waals surface area contributed by atoms with Crippen LogP contribution in [0.2, 0.25) is 0 Å². The second-order valence-corrected chi connectivity index (χ2v) is 19.0. The molecule has 0 spiro atoms. The van der Waals surface area contributed by atoms with Crippen molar-refractivity contribution in [2.24, 2.45) is 52.3 Å². The van der Waals surface area contributed by atoms with Crippen LogP contribution in [0.4, 0.5) is 0 Å². The van der Waals surface area contributed by atoms with Gasteiger partial charge in [0.25, 0.3) is 0 Å². The van der Waals surface area contributed by atoms with E-state index in [1.165, 1.54) is 64.2 Å². The lowest BCUT2D eigenvalue weighted by Gasteiger charge is -2.61. The molecule has 2 aromatic rings. The Morgan fingerprint density at radius 1 is 0.732 bits per heavy atom. The topological polar surface area (TPSA) is 17.1 Å². The first-order valence-corrected chi connectivity index (χ1v) is 19.2. The van der Waals surface area contributed by atoms with Crippen molar-refractivity contribution in [2.75, 3.05) is 0 Å². The molecule has 0 heterocycles. The van der Waals surface area contributed by atoms with Gasteiger partial charge in [-0.3, -0.25) is 0 Å². The van der Waals surface area contributed by atoms with Crippen LogP contribution >= 0.6 is 7.14 Å². The number of hydrogen-bond donors (Lipinski definition) is 0. The molecule has 2 heteroatoms. The Balaban J connectivity index is 1.20. The van der Waals surface area contributed by atoms with E-state index in [4.69, 9.17) is 0 Å². The van der Waals surface area contributed by atoms with Gasteiger partial charge in [-0.2, -0.15) is 0 Å². The minimum absolute atomic E-state index is 0.276. The second-order valence-electron chi connectivity index (χ2n) is 15.9. The van der Waals surface area contributed by atoms with E-state index in [1.807, 2.05) is 0 Å². The highest BCUT2D eigenvalue weighted by atomic mass is 31.2. The van der Waals surface area contributed by atoms with E-state index in [2.05, 4.69) is 95.3 Å². The first-order chi connectivity index (χ1) is 19.7. The van der Waals surface area contributed by atoms with Crippen LogP contribution in [-0.2, 0) is 4.57 Å². The van der Waals surface area contributed by atoms with E-state index in [1.54, 1.807) is 0 Å². The molecule has 224 valence electrons. The Labute approximate surface area is 252 Å². The Morgan fingerprint density at radius 2 is 1.34 bits per heavy atom. The molecule has 9 atom stereocenters. The van der Waals surface area contributed by atoms with Gasteiger partial charge in [0.05, 0.1) is 0 Å². The molecule has 0 amide bonds. The van der Waals surface area contributed by atoms with Crippen LogP contribution < -0.4 is 10.6 Å². The van der Waals surface area contributed by atoms with Crippen molar-refractivity contribution >= 4 is 17.8 Å². The van der Waals surface area contributed by atoms with E-state index in [0.29, 0.717) is 10.8 Å². The highest BCUT2D eigenvalue weighted by Gasteiger charge is 2.61. The minimum atomic E-state index is -2.69. The summed E-state index contributed by atoms with van der Waals surface area (Å²) >= 11 is 0. The second kappa shape index (κ2) is 11.6. The molecule has 4 saturated carbocycles. The first kappa shape index (κ1) is 29.7. The molecular weight excluding hydrogens is 515 g/mol. The maximum Gasteiger partial charge on any atom is 0.146 e. The third-order valence-corrected chi connectivity index (χ3v) is 17.3. The molecule has 0 aliphatic heterocycles. The normalized spacial score (nSPS) is 37.7. The number of fused-ring (bicyclic) bond motifs is 5. The zero-order valence-electron chi connectivity index (χ0n) is 26.7. The molecule has 0 aromatic heterocycles. The molecule has 0 bridgehead atoms. The lowest BCUT2D eigenvalue weighted by molar-refractivity contribution is -0.113. The van der Waals surface area contributed by atoms with Crippen LogP contribution in [0.5, 0.6) is 0 Å². The minimum Gasteiger partial charge on any atom is -0.313 e. The van der Waals surface area contributed by atoms with Gasteiger partial charge in [0, 0.05) is 16.3 Å². The van der Waals surface area contributed by atoms with Gasteiger partial charge in [-0.25, -0.2) is 0 Å². The quantitative estimate of drug-likeness (QED) is 0.288. The van der Waals surface area contributed by atoms with Gasteiger partial charge in [-0.05, 0) is 110 Å². The summed E-state index contributed by atoms with van der Waals surface area (Å²) in [7, 11) is -2.69. The van der Waals surface area contributed by atoms with Gasteiger partial charge in [0.15, 0.2) is 0 Å². The molecule has 6 rings (SSSR count). The van der Waals surface area contributed by atoms with Gasteiger partial charge in [0.2, 0.25) is 0 Å². The van der Waals surface area contributed by atoms with Crippen LogP contribution in [0.3, 0.4) is 0 Å². The Bertz CT molecular complexity index is 1160. The molecule has 4 aliphatic carbocycles. The monoisotopic (exact) mass is 572 g/mol. The van der Waals surface area contributed by atoms with Crippen LogP contribution in [0.15, 0.2) is 60.7 Å². The van der Waals surface area contributed by atoms with E-state index in [-0.39, 0.29) is 5.66 Å². The molecule has 0 radical (unpaired) electrons. The average molecular weight is 573 g/mol. The average Bonchev–Trinajstić information content (AvgIpc) is 3.34. The van der Waals surface area contributed by atoms with Gasteiger partial charge < -0.3 is 4.57 Å². The first-order valence-electron chi connectivity index (χ1n) is 17.4.